The van der Waals surface area contributed by atoms with E-state index in [-0.39, 0.29) is 5.91 Å². The lowest BCUT2D eigenvalue weighted by Crippen LogP contribution is -2.39. The number of imidazole rings is 1. The molecule has 4 nitrogen and oxygen atoms in total. The summed E-state index contributed by atoms with van der Waals surface area (Å²) in [6.45, 7) is 0. The molecule has 170 valence electrons. The second-order valence-corrected chi connectivity index (χ2v) is 10.2. The van der Waals surface area contributed by atoms with E-state index >= 15 is 0 Å². The van der Waals surface area contributed by atoms with Crippen molar-refractivity contribution in [3.05, 3.63) is 84.9 Å². The Labute approximate surface area is 203 Å². The summed E-state index contributed by atoms with van der Waals surface area (Å²) in [4.78, 5) is 19.7. The predicted molar refractivity (Wildman–Crippen MR) is 141 cm³/mol. The quantitative estimate of drug-likeness (QED) is 0.279. The van der Waals surface area contributed by atoms with Crippen molar-refractivity contribution in [2.45, 2.75) is 38.1 Å². The number of carbonyl (C=O) groups is 1. The van der Waals surface area contributed by atoms with Gasteiger partial charge in [-0.05, 0) is 42.2 Å². The van der Waals surface area contributed by atoms with Gasteiger partial charge in [0.1, 0.15) is 5.69 Å². The summed E-state index contributed by atoms with van der Waals surface area (Å²) in [6.07, 6.45) is 9.30. The van der Waals surface area contributed by atoms with Gasteiger partial charge in [-0.3, -0.25) is 9.36 Å². The van der Waals surface area contributed by atoms with Gasteiger partial charge < -0.3 is 4.90 Å². The first-order valence-corrected chi connectivity index (χ1v) is 12.8. The Balaban J connectivity index is 1.39. The van der Waals surface area contributed by atoms with Crippen molar-refractivity contribution < 1.29 is 4.79 Å². The smallest absolute Gasteiger partial charge is 0.272 e. The standard InChI is InChI=1S/C29H27N3OS/c1-31(21-10-3-2-4-11-21)29(33)26-18-30-19-32(26)22-12-7-9-20(17-22)23-14-8-15-25-24-13-5-6-16-27(24)34-28(23)25/h5-9,12-19,21H,2-4,10-11H2,1H3. The summed E-state index contributed by atoms with van der Waals surface area (Å²) in [5.74, 6) is 0.0430. The van der Waals surface area contributed by atoms with Crippen LogP contribution in [0.3, 0.4) is 0 Å². The van der Waals surface area contributed by atoms with Gasteiger partial charge in [0.15, 0.2) is 0 Å². The van der Waals surface area contributed by atoms with Crippen LogP contribution >= 0.6 is 11.3 Å². The molecular formula is C29H27N3OS. The Morgan fingerprint density at radius 1 is 0.971 bits per heavy atom. The molecule has 0 spiro atoms. The van der Waals surface area contributed by atoms with Gasteiger partial charge in [-0.25, -0.2) is 4.98 Å². The second kappa shape index (κ2) is 8.73. The molecule has 1 amide bonds. The highest BCUT2D eigenvalue weighted by molar-refractivity contribution is 7.26. The molecule has 1 saturated carbocycles. The third-order valence-electron chi connectivity index (χ3n) is 7.14. The molecule has 3 aromatic carbocycles. The van der Waals surface area contributed by atoms with Crippen LogP contribution in [0.5, 0.6) is 0 Å². The third kappa shape index (κ3) is 3.61. The Hall–Kier alpha value is -3.44. The summed E-state index contributed by atoms with van der Waals surface area (Å²) in [5, 5.41) is 2.59. The van der Waals surface area contributed by atoms with Crippen LogP contribution in [0.15, 0.2) is 79.3 Å². The number of carbonyl (C=O) groups excluding carboxylic acids is 1. The Kier molecular flexibility index (Phi) is 5.42. The number of hydrogen-bond acceptors (Lipinski definition) is 3. The molecule has 1 aliphatic carbocycles. The third-order valence-corrected chi connectivity index (χ3v) is 8.36. The van der Waals surface area contributed by atoms with E-state index in [1.807, 2.05) is 33.9 Å². The molecule has 0 N–H and O–H groups in total. The number of aromatic nitrogens is 2. The van der Waals surface area contributed by atoms with E-state index in [4.69, 9.17) is 0 Å². The van der Waals surface area contributed by atoms with Gasteiger partial charge in [0.05, 0.1) is 12.5 Å². The largest absolute Gasteiger partial charge is 0.337 e. The van der Waals surface area contributed by atoms with Crippen LogP contribution < -0.4 is 0 Å². The molecule has 1 aliphatic rings. The monoisotopic (exact) mass is 465 g/mol. The molecule has 0 radical (unpaired) electrons. The SMILES string of the molecule is CN(C(=O)c1cncn1-c1cccc(-c2cccc3c2sc2ccccc23)c1)C1CCCCC1. The van der Waals surface area contributed by atoms with Gasteiger partial charge in [-0.2, -0.15) is 0 Å². The lowest BCUT2D eigenvalue weighted by atomic mass is 9.94. The van der Waals surface area contributed by atoms with Crippen molar-refractivity contribution in [2.24, 2.45) is 0 Å². The molecule has 5 aromatic rings. The molecule has 0 saturated heterocycles. The van der Waals surface area contributed by atoms with E-state index in [9.17, 15) is 4.79 Å². The fourth-order valence-electron chi connectivity index (χ4n) is 5.27. The van der Waals surface area contributed by atoms with Gasteiger partial charge in [0.25, 0.3) is 5.91 Å². The summed E-state index contributed by atoms with van der Waals surface area (Å²) in [7, 11) is 1.94. The van der Waals surface area contributed by atoms with Crippen LogP contribution in [-0.4, -0.2) is 33.4 Å². The topological polar surface area (TPSA) is 38.1 Å². The van der Waals surface area contributed by atoms with E-state index in [0.29, 0.717) is 11.7 Å². The Morgan fingerprint density at radius 3 is 2.65 bits per heavy atom. The van der Waals surface area contributed by atoms with Crippen LogP contribution in [0, 0.1) is 0 Å². The molecule has 6 rings (SSSR count). The van der Waals surface area contributed by atoms with Crippen molar-refractivity contribution in [3.63, 3.8) is 0 Å². The highest BCUT2D eigenvalue weighted by Gasteiger charge is 2.25. The zero-order valence-corrected chi connectivity index (χ0v) is 20.1. The predicted octanol–water partition coefficient (Wildman–Crippen LogP) is 7.31. The fraction of sp³-hybridized carbons (Fsp3) is 0.241. The molecule has 2 aromatic heterocycles. The van der Waals surface area contributed by atoms with Gasteiger partial charge >= 0.3 is 0 Å². The van der Waals surface area contributed by atoms with Crippen molar-refractivity contribution in [2.75, 3.05) is 7.05 Å². The van der Waals surface area contributed by atoms with Crippen molar-refractivity contribution in [3.8, 4) is 16.8 Å². The average molecular weight is 466 g/mol. The van der Waals surface area contributed by atoms with Gasteiger partial charge in [-0.15, -0.1) is 11.3 Å². The van der Waals surface area contributed by atoms with Crippen LogP contribution in [0.1, 0.15) is 42.6 Å². The zero-order valence-electron chi connectivity index (χ0n) is 19.3. The van der Waals surface area contributed by atoms with E-state index in [2.05, 4.69) is 65.6 Å². The number of benzene rings is 3. The molecule has 0 unspecified atom stereocenters. The van der Waals surface area contributed by atoms with E-state index < -0.39 is 0 Å². The number of thiophene rings is 1. The normalized spacial score (nSPS) is 14.6. The van der Waals surface area contributed by atoms with Crippen LogP contribution in [0.2, 0.25) is 0 Å². The molecule has 34 heavy (non-hydrogen) atoms. The maximum Gasteiger partial charge on any atom is 0.272 e. The minimum atomic E-state index is 0.0430. The zero-order chi connectivity index (χ0) is 23.1. The van der Waals surface area contributed by atoms with Crippen molar-refractivity contribution in [1.29, 1.82) is 0 Å². The minimum absolute atomic E-state index is 0.0430. The lowest BCUT2D eigenvalue weighted by Gasteiger charge is -2.31. The summed E-state index contributed by atoms with van der Waals surface area (Å²) < 4.78 is 4.52. The van der Waals surface area contributed by atoms with Crippen molar-refractivity contribution >= 4 is 37.4 Å². The number of hydrogen-bond donors (Lipinski definition) is 0. The fourth-order valence-corrected chi connectivity index (χ4v) is 6.51. The number of amides is 1. The van der Waals surface area contributed by atoms with Gasteiger partial charge in [0.2, 0.25) is 0 Å². The molecule has 0 aliphatic heterocycles. The average Bonchev–Trinajstić information content (AvgIpc) is 3.53. The van der Waals surface area contributed by atoms with Crippen LogP contribution in [0.25, 0.3) is 37.0 Å². The number of rotatable bonds is 4. The summed E-state index contributed by atoms with van der Waals surface area (Å²) in [6, 6.07) is 23.9. The summed E-state index contributed by atoms with van der Waals surface area (Å²) >= 11 is 1.83. The second-order valence-electron chi connectivity index (χ2n) is 9.19. The van der Waals surface area contributed by atoms with Gasteiger partial charge in [-0.1, -0.05) is 67.8 Å². The highest BCUT2D eigenvalue weighted by Crippen LogP contribution is 2.40. The van der Waals surface area contributed by atoms with E-state index in [0.717, 1.165) is 24.1 Å². The first-order chi connectivity index (χ1) is 16.7. The van der Waals surface area contributed by atoms with Crippen LogP contribution in [-0.2, 0) is 0 Å². The Bertz CT molecular complexity index is 1490. The maximum absolute atomic E-state index is 13.4. The molecule has 0 bridgehead atoms. The van der Waals surface area contributed by atoms with E-state index in [1.165, 1.54) is 45.0 Å². The summed E-state index contributed by atoms with van der Waals surface area (Å²) in [5.41, 5.74) is 3.93. The molecule has 2 heterocycles. The van der Waals surface area contributed by atoms with Crippen molar-refractivity contribution in [1.82, 2.24) is 14.5 Å². The number of fused-ring (bicyclic) bond motifs is 3. The van der Waals surface area contributed by atoms with E-state index in [1.54, 1.807) is 12.5 Å². The minimum Gasteiger partial charge on any atom is -0.337 e. The first-order valence-electron chi connectivity index (χ1n) is 12.0. The lowest BCUT2D eigenvalue weighted by molar-refractivity contribution is 0.0688. The van der Waals surface area contributed by atoms with Crippen LogP contribution in [0.4, 0.5) is 0 Å². The number of nitrogens with zero attached hydrogens (tertiary/aromatic N) is 3. The van der Waals surface area contributed by atoms with Gasteiger partial charge in [0, 0.05) is 38.9 Å². The molecule has 5 heteroatoms. The molecular weight excluding hydrogens is 438 g/mol. The highest BCUT2D eigenvalue weighted by atomic mass is 32.1. The molecule has 0 atom stereocenters. The first kappa shape index (κ1) is 21.1. The maximum atomic E-state index is 13.4. The molecule has 1 fully saturated rings. The Morgan fingerprint density at radius 2 is 1.76 bits per heavy atom.